The third-order valence-electron chi connectivity index (χ3n) is 5.62. The highest BCUT2D eigenvalue weighted by Gasteiger charge is 2.35. The summed E-state index contributed by atoms with van der Waals surface area (Å²) in [6.45, 7) is 5.72. The maximum atomic E-state index is 13.0. The van der Waals surface area contributed by atoms with Crippen molar-refractivity contribution in [1.29, 1.82) is 0 Å². The largest absolute Gasteiger partial charge is 0.494 e. The molecular weight excluding hydrogens is 408 g/mol. The Hall–Kier alpha value is -2.57. The Morgan fingerprint density at radius 3 is 2.31 bits per heavy atom. The van der Waals surface area contributed by atoms with Crippen LogP contribution in [0.3, 0.4) is 0 Å². The van der Waals surface area contributed by atoms with Crippen molar-refractivity contribution in [2.24, 2.45) is 0 Å². The van der Waals surface area contributed by atoms with Crippen molar-refractivity contribution < 1.29 is 23.9 Å². The van der Waals surface area contributed by atoms with Crippen LogP contribution in [-0.4, -0.2) is 55.0 Å². The number of carbonyl (C=O) groups excluding carboxylic acids is 3. The summed E-state index contributed by atoms with van der Waals surface area (Å²) in [5, 5.41) is 2.74. The van der Waals surface area contributed by atoms with Crippen LogP contribution < -0.4 is 10.1 Å². The monoisotopic (exact) mass is 446 g/mol. The van der Waals surface area contributed by atoms with Crippen LogP contribution in [0.4, 0.5) is 0 Å². The summed E-state index contributed by atoms with van der Waals surface area (Å²) in [6.07, 6.45) is 9.20. The molecule has 1 unspecified atom stereocenters. The van der Waals surface area contributed by atoms with Gasteiger partial charge in [-0.15, -0.1) is 0 Å². The Kier molecular flexibility index (Phi) is 11.6. The molecule has 1 aliphatic heterocycles. The van der Waals surface area contributed by atoms with E-state index in [9.17, 15) is 14.4 Å². The molecule has 0 radical (unpaired) electrons. The summed E-state index contributed by atoms with van der Waals surface area (Å²) in [4.78, 5) is 39.2. The van der Waals surface area contributed by atoms with E-state index in [0.717, 1.165) is 19.3 Å². The normalized spacial score (nSPS) is 15.9. The van der Waals surface area contributed by atoms with E-state index in [1.807, 2.05) is 6.92 Å². The summed E-state index contributed by atoms with van der Waals surface area (Å²) < 4.78 is 10.8. The first-order valence-corrected chi connectivity index (χ1v) is 12.0. The third-order valence-corrected chi connectivity index (χ3v) is 5.62. The van der Waals surface area contributed by atoms with Gasteiger partial charge < -0.3 is 19.7 Å². The van der Waals surface area contributed by atoms with Crippen molar-refractivity contribution in [2.75, 3.05) is 26.3 Å². The molecule has 1 N–H and O–H groups in total. The van der Waals surface area contributed by atoms with Crippen LogP contribution in [0.1, 0.15) is 82.0 Å². The van der Waals surface area contributed by atoms with Crippen molar-refractivity contribution in [3.63, 3.8) is 0 Å². The van der Waals surface area contributed by atoms with E-state index < -0.39 is 12.0 Å². The predicted octanol–water partition coefficient (Wildman–Crippen LogP) is 4.10. The minimum absolute atomic E-state index is 0.133. The number of carbonyl (C=O) groups is 3. The van der Waals surface area contributed by atoms with Gasteiger partial charge in [-0.05, 0) is 37.6 Å². The highest BCUT2D eigenvalue weighted by atomic mass is 16.5. The highest BCUT2D eigenvalue weighted by Crippen LogP contribution is 2.18. The summed E-state index contributed by atoms with van der Waals surface area (Å²) in [5.74, 6) is -0.357. The van der Waals surface area contributed by atoms with Gasteiger partial charge in [-0.2, -0.15) is 0 Å². The minimum atomic E-state index is -0.853. The Balaban J connectivity index is 1.79. The number of nitrogens with one attached hydrogen (secondary N) is 1. The predicted molar refractivity (Wildman–Crippen MR) is 124 cm³/mol. The second-order valence-corrected chi connectivity index (χ2v) is 8.16. The molecule has 0 spiro atoms. The van der Waals surface area contributed by atoms with Gasteiger partial charge in [-0.3, -0.25) is 14.4 Å². The van der Waals surface area contributed by atoms with Crippen LogP contribution in [0.2, 0.25) is 0 Å². The molecule has 2 rings (SSSR count). The maximum Gasteiger partial charge on any atom is 0.308 e. The number of hydrogen-bond acceptors (Lipinski definition) is 5. The van der Waals surface area contributed by atoms with Gasteiger partial charge in [-0.1, -0.05) is 51.9 Å². The molecule has 1 aliphatic rings. The molecule has 0 aliphatic carbocycles. The fraction of sp³-hybridized carbons (Fsp3) is 0.640. The number of amides is 2. The number of rotatable bonds is 14. The van der Waals surface area contributed by atoms with Gasteiger partial charge in [0.25, 0.3) is 5.91 Å². The molecule has 1 heterocycles. The van der Waals surface area contributed by atoms with Crippen molar-refractivity contribution in [2.45, 2.75) is 77.7 Å². The maximum absolute atomic E-state index is 13.0. The van der Waals surface area contributed by atoms with Crippen molar-refractivity contribution in [1.82, 2.24) is 10.2 Å². The summed E-state index contributed by atoms with van der Waals surface area (Å²) in [5.41, 5.74) is 0.459. The molecule has 7 nitrogen and oxygen atoms in total. The summed E-state index contributed by atoms with van der Waals surface area (Å²) >= 11 is 0. The first-order valence-electron chi connectivity index (χ1n) is 12.0. The van der Waals surface area contributed by atoms with Crippen LogP contribution in [0.5, 0.6) is 5.75 Å². The second kappa shape index (κ2) is 14.5. The van der Waals surface area contributed by atoms with E-state index in [-0.39, 0.29) is 18.2 Å². The number of esters is 1. The fourth-order valence-electron chi connectivity index (χ4n) is 3.83. The van der Waals surface area contributed by atoms with Gasteiger partial charge in [0.1, 0.15) is 11.8 Å². The smallest absolute Gasteiger partial charge is 0.308 e. The summed E-state index contributed by atoms with van der Waals surface area (Å²) in [7, 11) is 0. The Bertz CT molecular complexity index is 720. The molecule has 0 bridgehead atoms. The van der Waals surface area contributed by atoms with Crippen LogP contribution in [-0.2, 0) is 14.3 Å². The zero-order valence-corrected chi connectivity index (χ0v) is 19.6. The molecule has 0 saturated carbocycles. The Labute approximate surface area is 191 Å². The number of benzene rings is 1. The topological polar surface area (TPSA) is 84.9 Å². The zero-order chi connectivity index (χ0) is 23.2. The molecule has 178 valence electrons. The Morgan fingerprint density at radius 2 is 1.66 bits per heavy atom. The number of hydrogen-bond donors (Lipinski definition) is 1. The molecule has 7 heteroatoms. The molecule has 1 aromatic carbocycles. The lowest BCUT2D eigenvalue weighted by Crippen LogP contribution is -2.57. The van der Waals surface area contributed by atoms with Gasteiger partial charge in [0, 0.05) is 18.7 Å². The standard InChI is InChI=1S/C25H38N2O5/c1-3-5-6-7-8-9-10-11-18-32-23(28)19-22-24(29)26-16-17-27(22)25(30)20-12-14-21(15-13-20)31-4-2/h12-15,22H,3-11,16-19H2,1-2H3,(H,26,29). The third kappa shape index (κ3) is 8.52. The van der Waals surface area contributed by atoms with E-state index in [2.05, 4.69) is 12.2 Å². The number of nitrogens with zero attached hydrogens (tertiary/aromatic N) is 1. The molecule has 1 saturated heterocycles. The van der Waals surface area contributed by atoms with Crippen molar-refractivity contribution in [3.8, 4) is 5.75 Å². The number of ether oxygens (including phenoxy) is 2. The van der Waals surface area contributed by atoms with Crippen molar-refractivity contribution >= 4 is 17.8 Å². The van der Waals surface area contributed by atoms with E-state index >= 15 is 0 Å². The minimum Gasteiger partial charge on any atom is -0.494 e. The molecule has 32 heavy (non-hydrogen) atoms. The first kappa shape index (κ1) is 25.7. The van der Waals surface area contributed by atoms with E-state index in [4.69, 9.17) is 9.47 Å². The number of unbranched alkanes of at least 4 members (excludes halogenated alkanes) is 7. The molecular formula is C25H38N2O5. The quantitative estimate of drug-likeness (QED) is 0.344. The van der Waals surface area contributed by atoms with E-state index in [1.165, 1.54) is 37.0 Å². The molecule has 1 atom stereocenters. The van der Waals surface area contributed by atoms with Gasteiger partial charge in [0.05, 0.1) is 19.6 Å². The van der Waals surface area contributed by atoms with Crippen molar-refractivity contribution in [3.05, 3.63) is 29.8 Å². The van der Waals surface area contributed by atoms with Crippen LogP contribution >= 0.6 is 0 Å². The second-order valence-electron chi connectivity index (χ2n) is 8.16. The van der Waals surface area contributed by atoms with E-state index in [1.54, 1.807) is 24.3 Å². The Morgan fingerprint density at radius 1 is 1.00 bits per heavy atom. The van der Waals surface area contributed by atoms with Gasteiger partial charge in [0.15, 0.2) is 0 Å². The lowest BCUT2D eigenvalue weighted by molar-refractivity contribution is -0.147. The first-order chi connectivity index (χ1) is 15.6. The SMILES string of the molecule is CCCCCCCCCCOC(=O)CC1C(=O)NCCN1C(=O)c1ccc(OCC)cc1. The van der Waals surface area contributed by atoms with Gasteiger partial charge in [0.2, 0.25) is 5.91 Å². The average Bonchev–Trinajstić information content (AvgIpc) is 2.79. The van der Waals surface area contributed by atoms with Crippen LogP contribution in [0, 0.1) is 0 Å². The van der Waals surface area contributed by atoms with Gasteiger partial charge in [-0.25, -0.2) is 0 Å². The molecule has 0 aromatic heterocycles. The molecule has 1 fully saturated rings. The zero-order valence-electron chi connectivity index (χ0n) is 19.6. The molecule has 2 amide bonds. The fourth-order valence-corrected chi connectivity index (χ4v) is 3.83. The lowest BCUT2D eigenvalue weighted by atomic mass is 10.1. The van der Waals surface area contributed by atoms with Crippen LogP contribution in [0.25, 0.3) is 0 Å². The average molecular weight is 447 g/mol. The summed E-state index contributed by atoms with van der Waals surface area (Å²) in [6, 6.07) is 5.96. The highest BCUT2D eigenvalue weighted by molar-refractivity contribution is 5.99. The van der Waals surface area contributed by atoms with Crippen LogP contribution in [0.15, 0.2) is 24.3 Å². The molecule has 1 aromatic rings. The van der Waals surface area contributed by atoms with E-state index in [0.29, 0.717) is 37.6 Å². The number of piperazine rings is 1. The lowest BCUT2D eigenvalue weighted by Gasteiger charge is -2.34. The van der Waals surface area contributed by atoms with Gasteiger partial charge >= 0.3 is 5.97 Å².